The number of aliphatic carboxylic acids is 1. The van der Waals surface area contributed by atoms with Gasteiger partial charge >= 0.3 is 5.97 Å². The molecule has 3 aromatic rings. The number of nitrogens with zero attached hydrogens (tertiary/aromatic N) is 3. The molecule has 10 heteroatoms. The maximum Gasteiger partial charge on any atom is 0.304 e. The van der Waals surface area contributed by atoms with Gasteiger partial charge in [0.1, 0.15) is 4.90 Å². The first-order valence-electron chi connectivity index (χ1n) is 10.8. The van der Waals surface area contributed by atoms with Crippen LogP contribution < -0.4 is 5.56 Å². The highest BCUT2D eigenvalue weighted by molar-refractivity contribution is 7.89. The molecule has 1 unspecified atom stereocenters. The summed E-state index contributed by atoms with van der Waals surface area (Å²) < 4.78 is 28.5. The van der Waals surface area contributed by atoms with Gasteiger partial charge < -0.3 is 5.11 Å². The quantitative estimate of drug-likeness (QED) is 0.521. The van der Waals surface area contributed by atoms with Crippen LogP contribution >= 0.6 is 0 Å². The number of carboxylic acids is 1. The number of carboxylic acid groups (broad SMARTS) is 1. The van der Waals surface area contributed by atoms with Crippen LogP contribution in [0.5, 0.6) is 0 Å². The van der Waals surface area contributed by atoms with Gasteiger partial charge in [0, 0.05) is 37.0 Å². The van der Waals surface area contributed by atoms with Crippen molar-refractivity contribution in [3.63, 3.8) is 0 Å². The van der Waals surface area contributed by atoms with E-state index in [0.717, 1.165) is 25.7 Å². The summed E-state index contributed by atoms with van der Waals surface area (Å²) in [5.74, 6) is -1.43. The molecule has 2 N–H and O–H groups in total. The van der Waals surface area contributed by atoms with Crippen LogP contribution in [-0.4, -0.2) is 51.7 Å². The van der Waals surface area contributed by atoms with E-state index in [4.69, 9.17) is 0 Å². The number of nitrogens with one attached hydrogen (secondary N) is 1. The Bertz CT molecular complexity index is 1280. The molecule has 1 aromatic carbocycles. The number of hydrogen-bond acceptors (Lipinski definition) is 5. The first-order valence-corrected chi connectivity index (χ1v) is 12.2. The number of benzene rings is 1. The minimum Gasteiger partial charge on any atom is -0.481 e. The van der Waals surface area contributed by atoms with Crippen molar-refractivity contribution in [2.75, 3.05) is 7.05 Å². The highest BCUT2D eigenvalue weighted by Gasteiger charge is 2.30. The SMILES string of the molecule is CN(C1CCCC1)S(=O)(=O)c1ccc(-n2[nH]cc(C(CC(=O)O)c3ccccc3)c2=O)nc1. The van der Waals surface area contributed by atoms with E-state index in [-0.39, 0.29) is 23.2 Å². The smallest absolute Gasteiger partial charge is 0.304 e. The fraction of sp³-hybridized carbons (Fsp3) is 0.348. The molecule has 1 atom stereocenters. The zero-order valence-electron chi connectivity index (χ0n) is 18.2. The van der Waals surface area contributed by atoms with Crippen molar-refractivity contribution >= 4 is 16.0 Å². The van der Waals surface area contributed by atoms with E-state index < -0.39 is 27.5 Å². The minimum atomic E-state index is -3.68. The van der Waals surface area contributed by atoms with Crippen molar-refractivity contribution in [3.8, 4) is 5.82 Å². The Kier molecular flexibility index (Phi) is 6.48. The number of aromatic amines is 1. The second kappa shape index (κ2) is 9.32. The van der Waals surface area contributed by atoms with Crippen molar-refractivity contribution in [2.45, 2.75) is 49.0 Å². The molecular formula is C23H26N4O5S. The second-order valence-electron chi connectivity index (χ2n) is 8.24. The van der Waals surface area contributed by atoms with E-state index in [2.05, 4.69) is 10.1 Å². The lowest BCUT2D eigenvalue weighted by molar-refractivity contribution is -0.137. The van der Waals surface area contributed by atoms with Crippen LogP contribution in [0.2, 0.25) is 0 Å². The molecule has 174 valence electrons. The third kappa shape index (κ3) is 4.62. The average molecular weight is 471 g/mol. The lowest BCUT2D eigenvalue weighted by atomic mass is 9.90. The van der Waals surface area contributed by atoms with E-state index in [9.17, 15) is 23.1 Å². The van der Waals surface area contributed by atoms with Gasteiger partial charge in [-0.05, 0) is 30.5 Å². The summed E-state index contributed by atoms with van der Waals surface area (Å²) in [5, 5.41) is 12.2. The summed E-state index contributed by atoms with van der Waals surface area (Å²) in [6, 6.07) is 11.9. The highest BCUT2D eigenvalue weighted by atomic mass is 32.2. The minimum absolute atomic E-state index is 0.00702. The number of H-pyrrole nitrogens is 1. The number of aromatic nitrogens is 3. The van der Waals surface area contributed by atoms with E-state index in [0.29, 0.717) is 11.1 Å². The standard InChI is InChI=1S/C23H26N4O5S/c1-26(17-9-5-6-10-17)33(31,32)18-11-12-21(24-14-18)27-23(30)20(15-25-27)19(13-22(28)29)16-7-3-2-4-8-16/h2-4,7-8,11-12,14-15,17,19,25H,5-6,9-10,13H2,1H3,(H,28,29). The van der Waals surface area contributed by atoms with Crippen LogP contribution in [0.1, 0.15) is 49.1 Å². The molecule has 2 heterocycles. The summed E-state index contributed by atoms with van der Waals surface area (Å²) in [7, 11) is -2.09. The molecule has 1 aliphatic carbocycles. The normalized spacial score (nSPS) is 15.7. The number of rotatable bonds is 8. The predicted octanol–water partition coefficient (Wildman–Crippen LogP) is 2.73. The Morgan fingerprint density at radius 2 is 1.91 bits per heavy atom. The lowest BCUT2D eigenvalue weighted by Gasteiger charge is -2.23. The summed E-state index contributed by atoms with van der Waals surface area (Å²) in [4.78, 5) is 28.8. The molecule has 1 fully saturated rings. The van der Waals surface area contributed by atoms with Gasteiger partial charge in [-0.2, -0.15) is 4.31 Å². The number of carbonyl (C=O) groups is 1. The van der Waals surface area contributed by atoms with Crippen molar-refractivity contribution in [3.05, 3.63) is 76.3 Å². The largest absolute Gasteiger partial charge is 0.481 e. The number of pyridine rings is 1. The van der Waals surface area contributed by atoms with E-state index >= 15 is 0 Å². The Balaban J connectivity index is 1.63. The van der Waals surface area contributed by atoms with Gasteiger partial charge in [-0.3, -0.25) is 14.7 Å². The van der Waals surface area contributed by atoms with E-state index in [1.807, 2.05) is 6.07 Å². The third-order valence-corrected chi connectivity index (χ3v) is 8.11. The predicted molar refractivity (Wildman–Crippen MR) is 122 cm³/mol. The van der Waals surface area contributed by atoms with Crippen molar-refractivity contribution in [2.24, 2.45) is 0 Å². The monoisotopic (exact) mass is 470 g/mol. The molecule has 0 radical (unpaired) electrons. The molecule has 4 rings (SSSR count). The second-order valence-corrected chi connectivity index (χ2v) is 10.2. The van der Waals surface area contributed by atoms with Crippen molar-refractivity contribution in [1.82, 2.24) is 19.1 Å². The molecule has 0 amide bonds. The zero-order chi connectivity index (χ0) is 23.6. The Morgan fingerprint density at radius 1 is 1.21 bits per heavy atom. The van der Waals surface area contributed by atoms with Gasteiger partial charge in [0.15, 0.2) is 5.82 Å². The maximum absolute atomic E-state index is 13.1. The van der Waals surface area contributed by atoms with E-state index in [1.165, 1.54) is 33.5 Å². The van der Waals surface area contributed by atoms with Gasteiger partial charge in [0.25, 0.3) is 5.56 Å². The summed E-state index contributed by atoms with van der Waals surface area (Å²) in [6.07, 6.45) is 6.21. The molecular weight excluding hydrogens is 444 g/mol. The Morgan fingerprint density at radius 3 is 2.52 bits per heavy atom. The van der Waals surface area contributed by atoms with Crippen molar-refractivity contribution in [1.29, 1.82) is 0 Å². The fourth-order valence-corrected chi connectivity index (χ4v) is 5.72. The summed E-state index contributed by atoms with van der Waals surface area (Å²) in [5.41, 5.74) is 0.576. The first-order chi connectivity index (χ1) is 15.8. The van der Waals surface area contributed by atoms with Gasteiger partial charge in [-0.25, -0.2) is 18.1 Å². The number of sulfonamides is 1. The first kappa shape index (κ1) is 22.9. The molecule has 1 saturated carbocycles. The van der Waals surface area contributed by atoms with Crippen LogP contribution in [0, 0.1) is 0 Å². The fourth-order valence-electron chi connectivity index (χ4n) is 4.36. The maximum atomic E-state index is 13.1. The van der Waals surface area contributed by atoms with Crippen LogP contribution in [0.4, 0.5) is 0 Å². The highest BCUT2D eigenvalue weighted by Crippen LogP contribution is 2.28. The van der Waals surface area contributed by atoms with Crippen LogP contribution in [0.25, 0.3) is 5.82 Å². The molecule has 0 bridgehead atoms. The Labute approximate surface area is 191 Å². The van der Waals surface area contributed by atoms with E-state index in [1.54, 1.807) is 31.3 Å². The Hall–Kier alpha value is -3.24. The summed E-state index contributed by atoms with van der Waals surface area (Å²) >= 11 is 0. The van der Waals surface area contributed by atoms with Gasteiger partial charge in [-0.1, -0.05) is 43.2 Å². The van der Waals surface area contributed by atoms with Crippen molar-refractivity contribution < 1.29 is 18.3 Å². The van der Waals surface area contributed by atoms with Crippen LogP contribution in [-0.2, 0) is 14.8 Å². The zero-order valence-corrected chi connectivity index (χ0v) is 19.0. The molecule has 1 aliphatic rings. The van der Waals surface area contributed by atoms with Gasteiger partial charge in [0.05, 0.1) is 6.42 Å². The summed E-state index contributed by atoms with van der Waals surface area (Å²) in [6.45, 7) is 0. The average Bonchev–Trinajstić information content (AvgIpc) is 3.48. The van der Waals surface area contributed by atoms with Crippen LogP contribution in [0.15, 0.2) is 64.5 Å². The third-order valence-electron chi connectivity index (χ3n) is 6.22. The topological polar surface area (TPSA) is 125 Å². The molecule has 33 heavy (non-hydrogen) atoms. The molecule has 0 spiro atoms. The molecule has 9 nitrogen and oxygen atoms in total. The number of hydrogen-bond donors (Lipinski definition) is 2. The van der Waals surface area contributed by atoms with Gasteiger partial charge in [-0.15, -0.1) is 0 Å². The molecule has 2 aromatic heterocycles. The van der Waals surface area contributed by atoms with Crippen LogP contribution in [0.3, 0.4) is 0 Å². The van der Waals surface area contributed by atoms with Gasteiger partial charge in [0.2, 0.25) is 10.0 Å². The molecule has 0 saturated heterocycles. The molecule has 0 aliphatic heterocycles. The lowest BCUT2D eigenvalue weighted by Crippen LogP contribution is -2.35.